The number of aldehydes is 1. The quantitative estimate of drug-likeness (QED) is 0.721. The minimum atomic E-state index is 0.552. The fourth-order valence-electron chi connectivity index (χ4n) is 1.38. The van der Waals surface area contributed by atoms with Gasteiger partial charge in [-0.3, -0.25) is 4.79 Å². The van der Waals surface area contributed by atoms with E-state index >= 15 is 0 Å². The standard InChI is InChI=1S/C11H11N3O2/c1-16-11-3-2-9(4-13-11)6-14-8-12-5-10(14)7-15/h2-5,7-8H,6H2,1H3. The van der Waals surface area contributed by atoms with Gasteiger partial charge in [0.2, 0.25) is 5.88 Å². The molecule has 0 saturated carbocycles. The highest BCUT2D eigenvalue weighted by atomic mass is 16.5. The number of methoxy groups -OCH3 is 1. The summed E-state index contributed by atoms with van der Waals surface area (Å²) in [7, 11) is 1.57. The molecule has 0 bridgehead atoms. The van der Waals surface area contributed by atoms with E-state index in [9.17, 15) is 4.79 Å². The maximum Gasteiger partial charge on any atom is 0.212 e. The third kappa shape index (κ3) is 2.08. The number of nitrogens with zero attached hydrogens (tertiary/aromatic N) is 3. The molecule has 2 heterocycles. The molecule has 82 valence electrons. The summed E-state index contributed by atoms with van der Waals surface area (Å²) in [5.74, 6) is 0.574. The average molecular weight is 217 g/mol. The van der Waals surface area contributed by atoms with E-state index in [0.29, 0.717) is 18.1 Å². The minimum absolute atomic E-state index is 0.552. The van der Waals surface area contributed by atoms with Crippen LogP contribution in [0.2, 0.25) is 0 Å². The lowest BCUT2D eigenvalue weighted by atomic mass is 10.3. The van der Waals surface area contributed by atoms with Crippen molar-refractivity contribution in [3.05, 3.63) is 42.1 Å². The van der Waals surface area contributed by atoms with Gasteiger partial charge in [0.15, 0.2) is 6.29 Å². The van der Waals surface area contributed by atoms with Crippen LogP contribution in [0.3, 0.4) is 0 Å². The second-order valence-electron chi connectivity index (χ2n) is 3.27. The molecule has 0 aliphatic carbocycles. The zero-order valence-corrected chi connectivity index (χ0v) is 8.83. The molecule has 0 radical (unpaired) electrons. The summed E-state index contributed by atoms with van der Waals surface area (Å²) in [4.78, 5) is 18.7. The van der Waals surface area contributed by atoms with E-state index in [2.05, 4.69) is 9.97 Å². The molecule has 0 aromatic carbocycles. The Bertz CT molecular complexity index is 476. The SMILES string of the molecule is COc1ccc(Cn2cncc2C=O)cn1. The van der Waals surface area contributed by atoms with Crippen LogP contribution in [-0.2, 0) is 6.54 Å². The van der Waals surface area contributed by atoms with Gasteiger partial charge in [0.05, 0.1) is 26.2 Å². The van der Waals surface area contributed by atoms with Gasteiger partial charge in [-0.2, -0.15) is 0 Å². The largest absolute Gasteiger partial charge is 0.481 e. The third-order valence-corrected chi connectivity index (χ3v) is 2.22. The van der Waals surface area contributed by atoms with E-state index < -0.39 is 0 Å². The van der Waals surface area contributed by atoms with Crippen LogP contribution in [0.15, 0.2) is 30.9 Å². The number of hydrogen-bond acceptors (Lipinski definition) is 4. The number of carbonyl (C=O) groups excluding carboxylic acids is 1. The third-order valence-electron chi connectivity index (χ3n) is 2.22. The molecule has 2 aromatic heterocycles. The molecule has 0 fully saturated rings. The van der Waals surface area contributed by atoms with Crippen LogP contribution in [0.5, 0.6) is 5.88 Å². The summed E-state index contributed by atoms with van der Waals surface area (Å²) in [6.07, 6.45) is 5.65. The van der Waals surface area contributed by atoms with Crippen molar-refractivity contribution in [2.75, 3.05) is 7.11 Å². The van der Waals surface area contributed by atoms with E-state index in [1.54, 1.807) is 30.3 Å². The molecule has 0 N–H and O–H groups in total. The molecular formula is C11H11N3O2. The van der Waals surface area contributed by atoms with Crippen molar-refractivity contribution in [1.29, 1.82) is 0 Å². The highest BCUT2D eigenvalue weighted by Gasteiger charge is 2.02. The number of rotatable bonds is 4. The van der Waals surface area contributed by atoms with Gasteiger partial charge in [0, 0.05) is 12.3 Å². The van der Waals surface area contributed by atoms with Gasteiger partial charge in [-0.15, -0.1) is 0 Å². The lowest BCUT2D eigenvalue weighted by Crippen LogP contribution is -2.02. The van der Waals surface area contributed by atoms with Crippen LogP contribution in [0.25, 0.3) is 0 Å². The molecule has 2 rings (SSSR count). The van der Waals surface area contributed by atoms with E-state index in [0.717, 1.165) is 11.8 Å². The molecule has 0 spiro atoms. The number of imidazole rings is 1. The van der Waals surface area contributed by atoms with Gasteiger partial charge in [0.25, 0.3) is 0 Å². The highest BCUT2D eigenvalue weighted by molar-refractivity contribution is 5.71. The summed E-state index contributed by atoms with van der Waals surface area (Å²) in [5.41, 5.74) is 1.54. The van der Waals surface area contributed by atoms with E-state index in [4.69, 9.17) is 4.74 Å². The Hall–Kier alpha value is -2.17. The first-order valence-electron chi connectivity index (χ1n) is 4.77. The summed E-state index contributed by atoms with van der Waals surface area (Å²) < 4.78 is 6.72. The van der Waals surface area contributed by atoms with Crippen LogP contribution in [0, 0.1) is 0 Å². The van der Waals surface area contributed by atoms with E-state index in [1.165, 1.54) is 6.20 Å². The molecule has 2 aromatic rings. The fourth-order valence-corrected chi connectivity index (χ4v) is 1.38. The molecule has 0 atom stereocenters. The van der Waals surface area contributed by atoms with Crippen LogP contribution in [0.4, 0.5) is 0 Å². The smallest absolute Gasteiger partial charge is 0.212 e. The van der Waals surface area contributed by atoms with Crippen LogP contribution >= 0.6 is 0 Å². The van der Waals surface area contributed by atoms with Crippen molar-refractivity contribution >= 4 is 6.29 Å². The van der Waals surface area contributed by atoms with Crippen molar-refractivity contribution in [1.82, 2.24) is 14.5 Å². The topological polar surface area (TPSA) is 57.0 Å². The Labute approximate surface area is 92.7 Å². The molecule has 0 unspecified atom stereocenters. The van der Waals surface area contributed by atoms with Gasteiger partial charge >= 0.3 is 0 Å². The van der Waals surface area contributed by atoms with E-state index in [1.807, 2.05) is 6.07 Å². The Morgan fingerprint density at radius 1 is 1.44 bits per heavy atom. The summed E-state index contributed by atoms with van der Waals surface area (Å²) >= 11 is 0. The lowest BCUT2D eigenvalue weighted by molar-refractivity contribution is 0.111. The second-order valence-corrected chi connectivity index (χ2v) is 3.27. The molecule has 0 aliphatic heterocycles. The van der Waals surface area contributed by atoms with E-state index in [-0.39, 0.29) is 0 Å². The van der Waals surface area contributed by atoms with Crippen LogP contribution in [-0.4, -0.2) is 27.9 Å². The number of ether oxygens (including phenoxy) is 1. The molecule has 0 amide bonds. The van der Waals surface area contributed by atoms with Gasteiger partial charge in [-0.1, -0.05) is 6.07 Å². The van der Waals surface area contributed by atoms with Crippen molar-refractivity contribution < 1.29 is 9.53 Å². The Morgan fingerprint density at radius 2 is 2.31 bits per heavy atom. The number of hydrogen-bond donors (Lipinski definition) is 0. The van der Waals surface area contributed by atoms with Crippen molar-refractivity contribution in [3.8, 4) is 5.88 Å². The van der Waals surface area contributed by atoms with Gasteiger partial charge in [-0.05, 0) is 5.56 Å². The second kappa shape index (κ2) is 4.57. The van der Waals surface area contributed by atoms with Crippen molar-refractivity contribution in [3.63, 3.8) is 0 Å². The van der Waals surface area contributed by atoms with Crippen molar-refractivity contribution in [2.45, 2.75) is 6.54 Å². The maximum absolute atomic E-state index is 10.7. The summed E-state index contributed by atoms with van der Waals surface area (Å²) in [6, 6.07) is 3.69. The highest BCUT2D eigenvalue weighted by Crippen LogP contribution is 2.08. The first kappa shape index (κ1) is 10.4. The van der Waals surface area contributed by atoms with Gasteiger partial charge < -0.3 is 9.30 Å². The zero-order chi connectivity index (χ0) is 11.4. The van der Waals surface area contributed by atoms with Crippen LogP contribution in [0.1, 0.15) is 16.1 Å². The molecule has 0 aliphatic rings. The monoisotopic (exact) mass is 217 g/mol. The fraction of sp³-hybridized carbons (Fsp3) is 0.182. The average Bonchev–Trinajstić information content (AvgIpc) is 2.77. The first-order valence-corrected chi connectivity index (χ1v) is 4.77. The van der Waals surface area contributed by atoms with Gasteiger partial charge in [0.1, 0.15) is 5.69 Å². The first-order chi connectivity index (χ1) is 7.83. The molecule has 16 heavy (non-hydrogen) atoms. The number of aromatic nitrogens is 3. The number of pyridine rings is 1. The predicted octanol–water partition coefficient (Wildman–Crippen LogP) is 1.15. The Kier molecular flexibility index (Phi) is 2.95. The minimum Gasteiger partial charge on any atom is -0.481 e. The summed E-state index contributed by atoms with van der Waals surface area (Å²) in [6.45, 7) is 0.574. The lowest BCUT2D eigenvalue weighted by Gasteiger charge is -2.04. The van der Waals surface area contributed by atoms with Gasteiger partial charge in [-0.25, -0.2) is 9.97 Å². The molecule has 5 nitrogen and oxygen atoms in total. The molecule has 5 heteroatoms. The molecule has 0 saturated heterocycles. The van der Waals surface area contributed by atoms with Crippen LogP contribution < -0.4 is 4.74 Å². The van der Waals surface area contributed by atoms with Crippen molar-refractivity contribution in [2.24, 2.45) is 0 Å². The Balaban J connectivity index is 2.17. The predicted molar refractivity (Wildman–Crippen MR) is 57.5 cm³/mol. The summed E-state index contributed by atoms with van der Waals surface area (Å²) in [5, 5.41) is 0. The Morgan fingerprint density at radius 3 is 2.94 bits per heavy atom. The normalized spacial score (nSPS) is 10.1. The molecular weight excluding hydrogens is 206 g/mol. The zero-order valence-electron chi connectivity index (χ0n) is 8.83. The number of carbonyl (C=O) groups is 1. The maximum atomic E-state index is 10.7.